The van der Waals surface area contributed by atoms with E-state index in [0.29, 0.717) is 36.0 Å². The monoisotopic (exact) mass is 435 g/mol. The summed E-state index contributed by atoms with van der Waals surface area (Å²) in [6.45, 7) is 1.29. The number of ether oxygens (including phenoxy) is 1. The lowest BCUT2D eigenvalue weighted by atomic mass is 10.2. The van der Waals surface area contributed by atoms with Crippen LogP contribution in [0.3, 0.4) is 0 Å². The second-order valence-corrected chi connectivity index (χ2v) is 7.51. The van der Waals surface area contributed by atoms with Crippen molar-refractivity contribution in [3.05, 3.63) is 107 Å². The van der Waals surface area contributed by atoms with E-state index in [9.17, 15) is 4.79 Å². The zero-order valence-corrected chi connectivity index (χ0v) is 17.8. The highest BCUT2D eigenvalue weighted by molar-refractivity contribution is 6.30. The largest absolute Gasteiger partial charge is 0.497 e. The first-order chi connectivity index (χ1) is 15.1. The summed E-state index contributed by atoms with van der Waals surface area (Å²) in [6.07, 6.45) is 5.25. The number of carbonyl (C=O) groups is 1. The number of rotatable bonds is 8. The number of amides is 1. The quantitative estimate of drug-likeness (QED) is 0.389. The summed E-state index contributed by atoms with van der Waals surface area (Å²) in [7, 11) is 1.65. The predicted octanol–water partition coefficient (Wildman–Crippen LogP) is 5.03. The lowest BCUT2D eigenvalue weighted by molar-refractivity contribution is 0.0711. The van der Waals surface area contributed by atoms with Crippen LogP contribution >= 0.6 is 11.6 Å². The summed E-state index contributed by atoms with van der Waals surface area (Å²) in [6, 6.07) is 18.4. The molecule has 1 amide bonds. The van der Waals surface area contributed by atoms with Gasteiger partial charge in [0.1, 0.15) is 17.3 Å². The number of aromatic nitrogens is 2. The maximum atomic E-state index is 13.2. The Morgan fingerprint density at radius 1 is 1.13 bits per heavy atom. The van der Waals surface area contributed by atoms with Crippen molar-refractivity contribution >= 4 is 17.5 Å². The topological polar surface area (TPSA) is 60.5 Å². The van der Waals surface area contributed by atoms with Gasteiger partial charge in [-0.2, -0.15) is 0 Å². The summed E-state index contributed by atoms with van der Waals surface area (Å²) in [5, 5.41) is 0.586. The number of nitrogens with zero attached hydrogens (tertiary/aromatic N) is 3. The molecule has 31 heavy (non-hydrogen) atoms. The van der Waals surface area contributed by atoms with Gasteiger partial charge in [0.25, 0.3) is 5.91 Å². The molecule has 0 N–H and O–H groups in total. The average molecular weight is 436 g/mol. The highest BCUT2D eigenvalue weighted by Gasteiger charge is 2.20. The van der Waals surface area contributed by atoms with E-state index in [1.165, 1.54) is 0 Å². The lowest BCUT2D eigenvalue weighted by Gasteiger charge is -2.22. The Balaban J connectivity index is 1.57. The van der Waals surface area contributed by atoms with Crippen LogP contribution in [-0.4, -0.2) is 27.5 Å². The van der Waals surface area contributed by atoms with E-state index >= 15 is 0 Å². The van der Waals surface area contributed by atoms with Gasteiger partial charge in [0, 0.05) is 29.5 Å². The fourth-order valence-electron chi connectivity index (χ4n) is 3.34. The first-order valence-electron chi connectivity index (χ1n) is 9.82. The molecule has 0 atom stereocenters. The Kier molecular flexibility index (Phi) is 6.38. The molecule has 2 aromatic heterocycles. The molecule has 0 spiro atoms. The fourth-order valence-corrected chi connectivity index (χ4v) is 3.47. The van der Waals surface area contributed by atoms with Gasteiger partial charge >= 0.3 is 0 Å². The SMILES string of the molecule is COc1cccc(Cn2ccnc2CN(Cc2ccco2)C(=O)c2ccc(Cl)cc2)c1. The normalized spacial score (nSPS) is 10.8. The van der Waals surface area contributed by atoms with Gasteiger partial charge in [-0.25, -0.2) is 4.98 Å². The first-order valence-corrected chi connectivity index (χ1v) is 10.2. The van der Waals surface area contributed by atoms with Crippen LogP contribution in [-0.2, 0) is 19.6 Å². The van der Waals surface area contributed by atoms with Gasteiger partial charge < -0.3 is 18.6 Å². The summed E-state index contributed by atoms with van der Waals surface area (Å²) in [4.78, 5) is 19.5. The maximum Gasteiger partial charge on any atom is 0.254 e. The molecule has 0 aliphatic heterocycles. The van der Waals surface area contributed by atoms with E-state index in [0.717, 1.165) is 17.1 Å². The van der Waals surface area contributed by atoms with Crippen molar-refractivity contribution in [3.8, 4) is 5.75 Å². The number of hydrogen-bond acceptors (Lipinski definition) is 4. The third-order valence-corrected chi connectivity index (χ3v) is 5.18. The number of imidazole rings is 1. The van der Waals surface area contributed by atoms with E-state index in [1.807, 2.05) is 47.2 Å². The van der Waals surface area contributed by atoms with Gasteiger partial charge in [-0.1, -0.05) is 23.7 Å². The standard InChI is InChI=1S/C24H22ClN3O3/c1-30-21-5-2-4-18(14-21)15-27-12-11-26-23(27)17-28(16-22-6-3-13-31-22)24(29)19-7-9-20(25)10-8-19/h2-14H,15-17H2,1H3. The van der Waals surface area contributed by atoms with Gasteiger partial charge in [0.2, 0.25) is 0 Å². The van der Waals surface area contributed by atoms with Crippen LogP contribution in [0.4, 0.5) is 0 Å². The number of carbonyl (C=O) groups excluding carboxylic acids is 1. The summed E-state index contributed by atoms with van der Waals surface area (Å²) < 4.78 is 12.8. The van der Waals surface area contributed by atoms with Crippen LogP contribution in [0.5, 0.6) is 5.75 Å². The minimum absolute atomic E-state index is 0.121. The fraction of sp³-hybridized carbons (Fsp3) is 0.167. The number of hydrogen-bond donors (Lipinski definition) is 0. The number of furan rings is 1. The Labute approximate surface area is 185 Å². The Bertz CT molecular complexity index is 1140. The highest BCUT2D eigenvalue weighted by atomic mass is 35.5. The Morgan fingerprint density at radius 3 is 2.71 bits per heavy atom. The Hall–Kier alpha value is -3.51. The molecular formula is C24H22ClN3O3. The van der Waals surface area contributed by atoms with Crippen LogP contribution in [0.1, 0.15) is 27.5 Å². The molecule has 6 nitrogen and oxygen atoms in total. The van der Waals surface area contributed by atoms with Crippen LogP contribution in [0.2, 0.25) is 5.02 Å². The van der Waals surface area contributed by atoms with Crippen molar-refractivity contribution in [1.29, 1.82) is 0 Å². The van der Waals surface area contributed by atoms with Crippen LogP contribution in [0.25, 0.3) is 0 Å². The third-order valence-electron chi connectivity index (χ3n) is 4.93. The minimum Gasteiger partial charge on any atom is -0.497 e. The Morgan fingerprint density at radius 2 is 1.97 bits per heavy atom. The van der Waals surface area contributed by atoms with Crippen molar-refractivity contribution in [1.82, 2.24) is 14.5 Å². The van der Waals surface area contributed by atoms with Crippen molar-refractivity contribution in [3.63, 3.8) is 0 Å². The summed E-state index contributed by atoms with van der Waals surface area (Å²) >= 11 is 5.98. The van der Waals surface area contributed by atoms with E-state index < -0.39 is 0 Å². The van der Waals surface area contributed by atoms with E-state index in [-0.39, 0.29) is 5.91 Å². The van der Waals surface area contributed by atoms with Gasteiger partial charge in [-0.05, 0) is 54.1 Å². The molecular weight excluding hydrogens is 414 g/mol. The van der Waals surface area contributed by atoms with Crippen LogP contribution < -0.4 is 4.74 Å². The molecule has 0 saturated carbocycles. The number of methoxy groups -OCH3 is 1. The third kappa shape index (κ3) is 5.16. The van der Waals surface area contributed by atoms with Crippen molar-refractivity contribution in [2.24, 2.45) is 0 Å². The smallest absolute Gasteiger partial charge is 0.254 e. The molecule has 2 aromatic carbocycles. The zero-order valence-electron chi connectivity index (χ0n) is 17.1. The molecule has 0 unspecified atom stereocenters. The van der Waals surface area contributed by atoms with Crippen molar-refractivity contribution < 1.29 is 13.9 Å². The molecule has 0 saturated heterocycles. The van der Waals surface area contributed by atoms with Gasteiger partial charge in [-0.3, -0.25) is 4.79 Å². The molecule has 2 heterocycles. The van der Waals surface area contributed by atoms with E-state index in [1.54, 1.807) is 48.7 Å². The maximum absolute atomic E-state index is 13.2. The van der Waals surface area contributed by atoms with Crippen molar-refractivity contribution in [2.45, 2.75) is 19.6 Å². The molecule has 0 bridgehead atoms. The zero-order chi connectivity index (χ0) is 21.6. The molecule has 0 aliphatic carbocycles. The molecule has 4 aromatic rings. The molecule has 0 radical (unpaired) electrons. The molecule has 4 rings (SSSR count). The molecule has 0 fully saturated rings. The first kappa shape index (κ1) is 20.8. The lowest BCUT2D eigenvalue weighted by Crippen LogP contribution is -2.31. The second-order valence-electron chi connectivity index (χ2n) is 7.07. The average Bonchev–Trinajstić information content (AvgIpc) is 3.46. The van der Waals surface area contributed by atoms with E-state index in [2.05, 4.69) is 4.98 Å². The van der Waals surface area contributed by atoms with E-state index in [4.69, 9.17) is 20.8 Å². The van der Waals surface area contributed by atoms with Crippen LogP contribution in [0, 0.1) is 0 Å². The summed E-state index contributed by atoms with van der Waals surface area (Å²) in [5.74, 6) is 2.16. The van der Waals surface area contributed by atoms with Crippen LogP contribution in [0.15, 0.2) is 83.7 Å². The van der Waals surface area contributed by atoms with Gasteiger partial charge in [0.15, 0.2) is 0 Å². The minimum atomic E-state index is -0.121. The summed E-state index contributed by atoms with van der Waals surface area (Å²) in [5.41, 5.74) is 1.64. The predicted molar refractivity (Wildman–Crippen MR) is 118 cm³/mol. The number of halogens is 1. The van der Waals surface area contributed by atoms with Crippen molar-refractivity contribution in [2.75, 3.05) is 7.11 Å². The second kappa shape index (κ2) is 9.53. The highest BCUT2D eigenvalue weighted by Crippen LogP contribution is 2.18. The van der Waals surface area contributed by atoms with Gasteiger partial charge in [-0.15, -0.1) is 0 Å². The molecule has 0 aliphatic rings. The molecule has 7 heteroatoms. The van der Waals surface area contributed by atoms with Gasteiger partial charge in [0.05, 0.1) is 26.5 Å². The number of benzene rings is 2. The molecule has 158 valence electrons.